The zero-order valence-electron chi connectivity index (χ0n) is 9.47. The van der Waals surface area contributed by atoms with E-state index in [-0.39, 0.29) is 0 Å². The number of anilines is 1. The first kappa shape index (κ1) is 11.1. The maximum absolute atomic E-state index is 4.32. The summed E-state index contributed by atoms with van der Waals surface area (Å²) in [6, 6.07) is 10.7. The highest BCUT2D eigenvalue weighted by atomic mass is 32.1. The van der Waals surface area contributed by atoms with E-state index in [1.807, 2.05) is 13.0 Å². The standard InChI is InChI=1S/C12H15N3S/c1-3-11(10-7-5-4-6-8-10)14-12-13-9(2)15-16-12/h4-8,11H,3H2,1-2H3,(H,13,14,15). The third-order valence-electron chi connectivity index (χ3n) is 2.44. The monoisotopic (exact) mass is 233 g/mol. The lowest BCUT2D eigenvalue weighted by atomic mass is 10.1. The summed E-state index contributed by atoms with van der Waals surface area (Å²) in [6.45, 7) is 4.07. The normalized spacial score (nSPS) is 12.4. The van der Waals surface area contributed by atoms with E-state index in [0.29, 0.717) is 6.04 Å². The van der Waals surface area contributed by atoms with Crippen LogP contribution in [0.1, 0.15) is 30.8 Å². The van der Waals surface area contributed by atoms with Crippen LogP contribution in [-0.2, 0) is 0 Å². The van der Waals surface area contributed by atoms with Gasteiger partial charge in [0.1, 0.15) is 5.82 Å². The van der Waals surface area contributed by atoms with Crippen LogP contribution < -0.4 is 5.32 Å². The molecule has 16 heavy (non-hydrogen) atoms. The average Bonchev–Trinajstić information content (AvgIpc) is 2.73. The van der Waals surface area contributed by atoms with Crippen molar-refractivity contribution in [1.29, 1.82) is 0 Å². The number of benzene rings is 1. The molecule has 1 aromatic carbocycles. The van der Waals surface area contributed by atoms with Crippen molar-refractivity contribution in [1.82, 2.24) is 9.36 Å². The highest BCUT2D eigenvalue weighted by molar-refractivity contribution is 7.09. The fraction of sp³-hybridized carbons (Fsp3) is 0.333. The Labute approximate surface area is 99.7 Å². The maximum atomic E-state index is 4.32. The summed E-state index contributed by atoms with van der Waals surface area (Å²) in [5, 5.41) is 4.31. The van der Waals surface area contributed by atoms with E-state index < -0.39 is 0 Å². The van der Waals surface area contributed by atoms with Crippen molar-refractivity contribution in [2.75, 3.05) is 5.32 Å². The van der Waals surface area contributed by atoms with Crippen LogP contribution >= 0.6 is 11.5 Å². The van der Waals surface area contributed by atoms with Crippen molar-refractivity contribution >= 4 is 16.7 Å². The molecule has 4 heteroatoms. The lowest BCUT2D eigenvalue weighted by molar-refractivity contribution is 0.747. The predicted molar refractivity (Wildman–Crippen MR) is 67.7 cm³/mol. The molecule has 0 radical (unpaired) electrons. The number of hydrogen-bond donors (Lipinski definition) is 1. The lowest BCUT2D eigenvalue weighted by Gasteiger charge is -2.16. The van der Waals surface area contributed by atoms with Crippen LogP contribution in [0.25, 0.3) is 0 Å². The van der Waals surface area contributed by atoms with E-state index in [1.165, 1.54) is 17.1 Å². The summed E-state index contributed by atoms with van der Waals surface area (Å²) >= 11 is 1.42. The molecule has 0 fully saturated rings. The molecular weight excluding hydrogens is 218 g/mol. The van der Waals surface area contributed by atoms with Gasteiger partial charge in [0, 0.05) is 11.5 Å². The Morgan fingerprint density at radius 2 is 2.06 bits per heavy atom. The summed E-state index contributed by atoms with van der Waals surface area (Å²) in [5.74, 6) is 0.829. The molecule has 0 amide bonds. The largest absolute Gasteiger partial charge is 0.353 e. The third-order valence-corrected chi connectivity index (χ3v) is 3.17. The van der Waals surface area contributed by atoms with Gasteiger partial charge in [0.2, 0.25) is 5.13 Å². The Morgan fingerprint density at radius 3 is 2.62 bits per heavy atom. The fourth-order valence-electron chi connectivity index (χ4n) is 1.61. The highest BCUT2D eigenvalue weighted by Gasteiger charge is 2.10. The van der Waals surface area contributed by atoms with Crippen molar-refractivity contribution in [2.24, 2.45) is 0 Å². The minimum atomic E-state index is 0.313. The van der Waals surface area contributed by atoms with Gasteiger partial charge in [-0.05, 0) is 18.9 Å². The summed E-state index contributed by atoms with van der Waals surface area (Å²) in [5.41, 5.74) is 1.29. The fourth-order valence-corrected chi connectivity index (χ4v) is 2.24. The second-order valence-corrected chi connectivity index (χ2v) is 4.41. The molecule has 2 rings (SSSR count). The Morgan fingerprint density at radius 1 is 1.31 bits per heavy atom. The van der Waals surface area contributed by atoms with Crippen molar-refractivity contribution < 1.29 is 0 Å². The highest BCUT2D eigenvalue weighted by Crippen LogP contribution is 2.23. The van der Waals surface area contributed by atoms with Crippen LogP contribution in [0.2, 0.25) is 0 Å². The predicted octanol–water partition coefficient (Wildman–Crippen LogP) is 3.41. The Hall–Kier alpha value is -1.42. The molecule has 0 bridgehead atoms. The molecule has 0 saturated carbocycles. The van der Waals surface area contributed by atoms with E-state index >= 15 is 0 Å². The Bertz CT molecular complexity index is 439. The summed E-state index contributed by atoms with van der Waals surface area (Å²) < 4.78 is 4.17. The molecule has 0 aliphatic rings. The van der Waals surface area contributed by atoms with Gasteiger partial charge in [-0.2, -0.15) is 4.37 Å². The maximum Gasteiger partial charge on any atom is 0.203 e. The molecular formula is C12H15N3S. The van der Waals surface area contributed by atoms with E-state index in [0.717, 1.165) is 17.4 Å². The second-order valence-electron chi connectivity index (χ2n) is 3.66. The van der Waals surface area contributed by atoms with Gasteiger partial charge in [-0.25, -0.2) is 4.98 Å². The van der Waals surface area contributed by atoms with Gasteiger partial charge >= 0.3 is 0 Å². The van der Waals surface area contributed by atoms with Gasteiger partial charge in [0.15, 0.2) is 0 Å². The molecule has 3 nitrogen and oxygen atoms in total. The zero-order chi connectivity index (χ0) is 11.4. The first-order valence-corrected chi connectivity index (χ1v) is 6.18. The summed E-state index contributed by atoms with van der Waals surface area (Å²) in [6.07, 6.45) is 1.03. The summed E-state index contributed by atoms with van der Waals surface area (Å²) in [4.78, 5) is 4.32. The van der Waals surface area contributed by atoms with Crippen molar-refractivity contribution in [3.63, 3.8) is 0 Å². The molecule has 1 aromatic heterocycles. The first-order valence-electron chi connectivity index (χ1n) is 5.41. The minimum Gasteiger partial charge on any atom is -0.353 e. The van der Waals surface area contributed by atoms with Crippen LogP contribution in [0.4, 0.5) is 5.13 Å². The Kier molecular flexibility index (Phi) is 3.51. The first-order chi connectivity index (χ1) is 7.79. The Balaban J connectivity index is 2.12. The number of aromatic nitrogens is 2. The second kappa shape index (κ2) is 5.07. The number of nitrogens with one attached hydrogen (secondary N) is 1. The third kappa shape index (κ3) is 2.58. The number of aryl methyl sites for hydroxylation is 1. The molecule has 0 aliphatic carbocycles. The minimum absolute atomic E-state index is 0.313. The molecule has 84 valence electrons. The van der Waals surface area contributed by atoms with Crippen LogP contribution in [-0.4, -0.2) is 9.36 Å². The van der Waals surface area contributed by atoms with Gasteiger partial charge in [0.05, 0.1) is 6.04 Å². The molecule has 0 saturated heterocycles. The smallest absolute Gasteiger partial charge is 0.203 e. The van der Waals surface area contributed by atoms with Gasteiger partial charge in [-0.1, -0.05) is 37.3 Å². The van der Waals surface area contributed by atoms with Gasteiger partial charge in [0.25, 0.3) is 0 Å². The quantitative estimate of drug-likeness (QED) is 0.879. The van der Waals surface area contributed by atoms with E-state index in [1.54, 1.807) is 0 Å². The van der Waals surface area contributed by atoms with Gasteiger partial charge in [-0.3, -0.25) is 0 Å². The SMILES string of the molecule is CCC(Nc1nc(C)ns1)c1ccccc1. The molecule has 1 unspecified atom stereocenters. The van der Waals surface area contributed by atoms with Crippen molar-refractivity contribution in [2.45, 2.75) is 26.3 Å². The topological polar surface area (TPSA) is 37.8 Å². The molecule has 1 atom stereocenters. The molecule has 1 N–H and O–H groups in total. The van der Waals surface area contributed by atoms with Crippen LogP contribution in [0.15, 0.2) is 30.3 Å². The number of hydrogen-bond acceptors (Lipinski definition) is 4. The summed E-state index contributed by atoms with van der Waals surface area (Å²) in [7, 11) is 0. The van der Waals surface area contributed by atoms with Crippen LogP contribution in [0.3, 0.4) is 0 Å². The van der Waals surface area contributed by atoms with Crippen molar-refractivity contribution in [3.05, 3.63) is 41.7 Å². The number of rotatable bonds is 4. The van der Waals surface area contributed by atoms with Crippen LogP contribution in [0, 0.1) is 6.92 Å². The van der Waals surface area contributed by atoms with E-state index in [2.05, 4.69) is 45.9 Å². The number of nitrogens with zero attached hydrogens (tertiary/aromatic N) is 2. The average molecular weight is 233 g/mol. The lowest BCUT2D eigenvalue weighted by Crippen LogP contribution is -2.09. The van der Waals surface area contributed by atoms with Crippen molar-refractivity contribution in [3.8, 4) is 0 Å². The van der Waals surface area contributed by atoms with Gasteiger partial charge in [-0.15, -0.1) is 0 Å². The van der Waals surface area contributed by atoms with E-state index in [4.69, 9.17) is 0 Å². The van der Waals surface area contributed by atoms with E-state index in [9.17, 15) is 0 Å². The molecule has 1 heterocycles. The van der Waals surface area contributed by atoms with Gasteiger partial charge < -0.3 is 5.32 Å². The van der Waals surface area contributed by atoms with Crippen LogP contribution in [0.5, 0.6) is 0 Å². The zero-order valence-corrected chi connectivity index (χ0v) is 10.3. The molecule has 0 aliphatic heterocycles. The molecule has 0 spiro atoms. The molecule has 2 aromatic rings.